The van der Waals surface area contributed by atoms with E-state index >= 15 is 0 Å². The van der Waals surface area contributed by atoms with Crippen molar-refractivity contribution in [3.8, 4) is 6.07 Å². The van der Waals surface area contributed by atoms with Gasteiger partial charge in [-0.2, -0.15) is 5.26 Å². The molecule has 6 heteroatoms. The van der Waals surface area contributed by atoms with E-state index < -0.39 is 0 Å². The molecule has 1 fully saturated rings. The summed E-state index contributed by atoms with van der Waals surface area (Å²) < 4.78 is 5.65. The number of anilines is 1. The first-order valence-electron chi connectivity index (χ1n) is 7.00. The summed E-state index contributed by atoms with van der Waals surface area (Å²) in [6, 6.07) is 4.01. The van der Waals surface area contributed by atoms with Gasteiger partial charge < -0.3 is 15.0 Å². The number of ether oxygens (including phenoxy) is 1. The largest absolute Gasteiger partial charge is 0.373 e. The molecule has 0 spiro atoms. The summed E-state index contributed by atoms with van der Waals surface area (Å²) in [6.45, 7) is 7.69. The molecule has 1 saturated heterocycles. The summed E-state index contributed by atoms with van der Waals surface area (Å²) in [5.74, 6) is 0.805. The molecule has 21 heavy (non-hydrogen) atoms. The summed E-state index contributed by atoms with van der Waals surface area (Å²) in [5.41, 5.74) is 2.24. The van der Waals surface area contributed by atoms with E-state index in [4.69, 9.17) is 10.00 Å². The van der Waals surface area contributed by atoms with Gasteiger partial charge in [0.1, 0.15) is 11.9 Å². The highest BCUT2D eigenvalue weighted by Gasteiger charge is 2.22. The number of hydrogen-bond donors (Lipinski definition) is 1. The maximum absolute atomic E-state index is 11.4. The van der Waals surface area contributed by atoms with Crippen LogP contribution in [0.4, 0.5) is 5.82 Å². The van der Waals surface area contributed by atoms with Crippen molar-refractivity contribution in [2.45, 2.75) is 26.9 Å². The Morgan fingerprint density at radius 2 is 2.38 bits per heavy atom. The summed E-state index contributed by atoms with van der Waals surface area (Å²) in [4.78, 5) is 17.5. The van der Waals surface area contributed by atoms with E-state index in [9.17, 15) is 4.79 Å². The minimum absolute atomic E-state index is 0.0410. The second-order valence-electron chi connectivity index (χ2n) is 5.24. The maximum atomic E-state index is 11.4. The molecule has 0 unspecified atom stereocenters. The highest BCUT2D eigenvalue weighted by atomic mass is 16.5. The number of hydrogen-bond acceptors (Lipinski definition) is 5. The lowest BCUT2D eigenvalue weighted by Crippen LogP contribution is -2.47. The summed E-state index contributed by atoms with van der Waals surface area (Å²) >= 11 is 0. The number of aromatic nitrogens is 1. The number of amides is 1. The minimum Gasteiger partial charge on any atom is -0.373 e. The Labute approximate surface area is 124 Å². The van der Waals surface area contributed by atoms with Crippen LogP contribution in [0.5, 0.6) is 0 Å². The normalized spacial score (nSPS) is 18.2. The van der Waals surface area contributed by atoms with Gasteiger partial charge in [-0.3, -0.25) is 4.79 Å². The van der Waals surface area contributed by atoms with Crippen molar-refractivity contribution in [3.63, 3.8) is 0 Å². The van der Waals surface area contributed by atoms with Crippen molar-refractivity contribution in [2.24, 2.45) is 0 Å². The molecule has 112 valence electrons. The number of nitriles is 1. The van der Waals surface area contributed by atoms with E-state index in [2.05, 4.69) is 16.4 Å². The first-order valence-corrected chi connectivity index (χ1v) is 7.00. The number of rotatable bonds is 3. The van der Waals surface area contributed by atoms with Crippen molar-refractivity contribution in [2.75, 3.05) is 31.6 Å². The smallest absolute Gasteiger partial charge is 0.219 e. The molecule has 0 aliphatic carbocycles. The molecule has 1 aromatic rings. The predicted molar refractivity (Wildman–Crippen MR) is 78.9 cm³/mol. The maximum Gasteiger partial charge on any atom is 0.219 e. The molecule has 1 aromatic heterocycles. The number of carbonyl (C=O) groups excluding carboxylic acids is 1. The zero-order chi connectivity index (χ0) is 15.4. The van der Waals surface area contributed by atoms with E-state index in [1.807, 2.05) is 19.9 Å². The van der Waals surface area contributed by atoms with Crippen LogP contribution in [-0.4, -0.2) is 48.1 Å². The van der Waals surface area contributed by atoms with Crippen molar-refractivity contribution in [1.82, 2.24) is 9.88 Å². The Bertz CT molecular complexity index is 557. The third kappa shape index (κ3) is 3.70. The standard InChI is InChI=1S/C15H20N4O2/c1-10-6-15(18-11(2)14(10)7-16)17-8-13-9-19(12(3)20)4-5-21-13/h6,13H,4-5,8-9H2,1-3H3,(H,17,18)/t13-/m1/s1. The lowest BCUT2D eigenvalue weighted by Gasteiger charge is -2.32. The lowest BCUT2D eigenvalue weighted by molar-refractivity contribution is -0.135. The van der Waals surface area contributed by atoms with Gasteiger partial charge in [0.2, 0.25) is 5.91 Å². The first-order chi connectivity index (χ1) is 10.0. The quantitative estimate of drug-likeness (QED) is 0.905. The lowest BCUT2D eigenvalue weighted by atomic mass is 10.1. The van der Waals surface area contributed by atoms with Gasteiger partial charge in [0.15, 0.2) is 0 Å². The first kappa shape index (κ1) is 15.3. The zero-order valence-corrected chi connectivity index (χ0v) is 12.6. The third-order valence-corrected chi connectivity index (χ3v) is 3.60. The number of morpholine rings is 1. The van der Waals surface area contributed by atoms with Crippen molar-refractivity contribution < 1.29 is 9.53 Å². The fraction of sp³-hybridized carbons (Fsp3) is 0.533. The number of pyridine rings is 1. The van der Waals surface area contributed by atoms with E-state index in [-0.39, 0.29) is 12.0 Å². The second-order valence-corrected chi connectivity index (χ2v) is 5.24. The van der Waals surface area contributed by atoms with Crippen LogP contribution in [0.1, 0.15) is 23.7 Å². The molecule has 1 N–H and O–H groups in total. The average Bonchev–Trinajstić information content (AvgIpc) is 2.45. The van der Waals surface area contributed by atoms with Crippen molar-refractivity contribution in [3.05, 3.63) is 22.9 Å². The molecule has 0 saturated carbocycles. The van der Waals surface area contributed by atoms with Crippen LogP contribution in [0.25, 0.3) is 0 Å². The van der Waals surface area contributed by atoms with Gasteiger partial charge in [0, 0.05) is 26.6 Å². The van der Waals surface area contributed by atoms with Crippen molar-refractivity contribution in [1.29, 1.82) is 5.26 Å². The predicted octanol–water partition coefficient (Wildman–Crippen LogP) is 1.23. The molecule has 6 nitrogen and oxygen atoms in total. The van der Waals surface area contributed by atoms with Gasteiger partial charge in [0.25, 0.3) is 0 Å². The van der Waals surface area contributed by atoms with Crippen LogP contribution in [0.2, 0.25) is 0 Å². The van der Waals surface area contributed by atoms with Crippen LogP contribution in [-0.2, 0) is 9.53 Å². The van der Waals surface area contributed by atoms with Gasteiger partial charge in [-0.15, -0.1) is 0 Å². The molecule has 0 aromatic carbocycles. The molecular weight excluding hydrogens is 268 g/mol. The highest BCUT2D eigenvalue weighted by molar-refractivity contribution is 5.73. The molecule has 1 atom stereocenters. The Morgan fingerprint density at radius 3 is 3.00 bits per heavy atom. The summed E-state index contributed by atoms with van der Waals surface area (Å²) in [6.07, 6.45) is -0.0410. The third-order valence-electron chi connectivity index (χ3n) is 3.60. The fourth-order valence-corrected chi connectivity index (χ4v) is 2.44. The number of nitrogens with zero attached hydrogens (tertiary/aromatic N) is 3. The topological polar surface area (TPSA) is 78.2 Å². The summed E-state index contributed by atoms with van der Waals surface area (Å²) in [5, 5.41) is 12.3. The second kappa shape index (κ2) is 6.55. The van der Waals surface area contributed by atoms with Crippen LogP contribution in [0, 0.1) is 25.2 Å². The Kier molecular flexibility index (Phi) is 4.76. The molecule has 1 aliphatic rings. The highest BCUT2D eigenvalue weighted by Crippen LogP contribution is 2.16. The van der Waals surface area contributed by atoms with Crippen LogP contribution in [0.3, 0.4) is 0 Å². The van der Waals surface area contributed by atoms with Crippen molar-refractivity contribution >= 4 is 11.7 Å². The molecule has 2 heterocycles. The SMILES string of the molecule is CC(=O)N1CCO[C@H](CNc2cc(C)c(C#N)c(C)n2)C1. The molecular formula is C15H20N4O2. The Hall–Kier alpha value is -2.13. The number of aryl methyl sites for hydroxylation is 2. The fourth-order valence-electron chi connectivity index (χ4n) is 2.44. The van der Waals surface area contributed by atoms with Gasteiger partial charge in [-0.05, 0) is 25.5 Å². The Balaban J connectivity index is 1.97. The molecule has 2 rings (SSSR count). The van der Waals surface area contributed by atoms with Gasteiger partial charge >= 0.3 is 0 Å². The van der Waals surface area contributed by atoms with E-state index in [1.165, 1.54) is 0 Å². The molecule has 0 radical (unpaired) electrons. The zero-order valence-electron chi connectivity index (χ0n) is 12.6. The minimum atomic E-state index is -0.0410. The van der Waals surface area contributed by atoms with Gasteiger partial charge in [0.05, 0.1) is 24.0 Å². The van der Waals surface area contributed by atoms with E-state index in [0.29, 0.717) is 31.8 Å². The van der Waals surface area contributed by atoms with Gasteiger partial charge in [-0.1, -0.05) is 0 Å². The average molecular weight is 288 g/mol. The van der Waals surface area contributed by atoms with Crippen LogP contribution >= 0.6 is 0 Å². The van der Waals surface area contributed by atoms with E-state index in [0.717, 1.165) is 17.1 Å². The Morgan fingerprint density at radius 1 is 1.62 bits per heavy atom. The van der Waals surface area contributed by atoms with Gasteiger partial charge in [-0.25, -0.2) is 4.98 Å². The molecule has 1 aliphatic heterocycles. The molecule has 0 bridgehead atoms. The molecule has 1 amide bonds. The number of carbonyl (C=O) groups is 1. The summed E-state index contributed by atoms with van der Waals surface area (Å²) in [7, 11) is 0. The number of nitrogens with one attached hydrogen (secondary N) is 1. The van der Waals surface area contributed by atoms with E-state index in [1.54, 1.807) is 11.8 Å². The van der Waals surface area contributed by atoms with Crippen LogP contribution in [0.15, 0.2) is 6.07 Å². The monoisotopic (exact) mass is 288 g/mol. The van der Waals surface area contributed by atoms with Crippen LogP contribution < -0.4 is 5.32 Å².